The molecule has 276 valence electrons. The third-order valence-electron chi connectivity index (χ3n) is 12.0. The summed E-state index contributed by atoms with van der Waals surface area (Å²) in [7, 11) is 0. The molecule has 0 atom stereocenters. The zero-order valence-corrected chi connectivity index (χ0v) is 32.2. The molecule has 3 heterocycles. The number of hydrogen-bond donors (Lipinski definition) is 0. The summed E-state index contributed by atoms with van der Waals surface area (Å²) in [6.07, 6.45) is 0. The van der Waals surface area contributed by atoms with Crippen LogP contribution in [0.3, 0.4) is 0 Å². The molecule has 0 unspecified atom stereocenters. The van der Waals surface area contributed by atoms with Crippen molar-refractivity contribution in [2.75, 3.05) is 0 Å². The van der Waals surface area contributed by atoms with E-state index in [2.05, 4.69) is 238 Å². The van der Waals surface area contributed by atoms with Crippen LogP contribution in [-0.4, -0.2) is 13.7 Å². The maximum Gasteiger partial charge on any atom is 0.0811 e. The molecule has 0 radical (unpaired) electrons. The molecule has 12 rings (SSSR count). The van der Waals surface area contributed by atoms with Crippen molar-refractivity contribution in [2.45, 2.75) is 0 Å². The van der Waals surface area contributed by atoms with Gasteiger partial charge in [0.15, 0.2) is 0 Å². The number of para-hydroxylation sites is 5. The summed E-state index contributed by atoms with van der Waals surface area (Å²) in [5.41, 5.74) is 17.7. The second-order valence-electron chi connectivity index (χ2n) is 15.3. The van der Waals surface area contributed by atoms with Gasteiger partial charge in [-0.2, -0.15) is 0 Å². The zero-order valence-electron chi connectivity index (χ0n) is 32.2. The van der Waals surface area contributed by atoms with Crippen molar-refractivity contribution < 1.29 is 0 Å². The molecule has 3 aromatic heterocycles. The Morgan fingerprint density at radius 2 is 0.695 bits per heavy atom. The number of nitrogens with zero attached hydrogens (tertiary/aromatic N) is 3. The van der Waals surface area contributed by atoms with E-state index in [1.54, 1.807) is 0 Å². The van der Waals surface area contributed by atoms with Crippen LogP contribution in [0.1, 0.15) is 0 Å². The van der Waals surface area contributed by atoms with E-state index in [0.29, 0.717) is 0 Å². The van der Waals surface area contributed by atoms with Crippen LogP contribution in [-0.2, 0) is 0 Å². The van der Waals surface area contributed by atoms with Gasteiger partial charge in [0.2, 0.25) is 0 Å². The third-order valence-corrected chi connectivity index (χ3v) is 12.0. The first-order valence-corrected chi connectivity index (χ1v) is 20.3. The minimum absolute atomic E-state index is 1.14. The maximum atomic E-state index is 2.50. The molecule has 0 aliphatic rings. The molecule has 0 fully saturated rings. The van der Waals surface area contributed by atoms with Gasteiger partial charge in [0.05, 0.1) is 38.8 Å². The van der Waals surface area contributed by atoms with Gasteiger partial charge in [-0.3, -0.25) is 0 Å². The SMILES string of the molecule is c1ccc(-c2cc(-c3ccccc3)cc(-c3ccccc3-n3c4ccccc4c4c5c(ccc43)n(-c3ccccc3)c3c4ccccc4n(-c4ccccc4)c53)c2)cc1. The molecular weight excluding hydrogens is 715 g/mol. The molecule has 0 aliphatic carbocycles. The Morgan fingerprint density at radius 3 is 1.31 bits per heavy atom. The lowest BCUT2D eigenvalue weighted by atomic mass is 9.92. The van der Waals surface area contributed by atoms with Gasteiger partial charge in [0.25, 0.3) is 0 Å². The van der Waals surface area contributed by atoms with Gasteiger partial charge in [0.1, 0.15) is 0 Å². The second kappa shape index (κ2) is 13.4. The number of fused-ring (bicyclic) bond motifs is 9. The molecule has 0 spiro atoms. The molecule has 0 aliphatic heterocycles. The van der Waals surface area contributed by atoms with Crippen LogP contribution in [0.15, 0.2) is 224 Å². The third kappa shape index (κ3) is 5.15. The van der Waals surface area contributed by atoms with Gasteiger partial charge < -0.3 is 13.7 Å². The Bertz CT molecular complexity index is 3420. The number of aromatic nitrogens is 3. The van der Waals surface area contributed by atoms with Crippen LogP contribution in [0.2, 0.25) is 0 Å². The van der Waals surface area contributed by atoms with Crippen LogP contribution in [0.5, 0.6) is 0 Å². The highest BCUT2D eigenvalue weighted by Gasteiger charge is 2.26. The molecule has 9 aromatic carbocycles. The minimum Gasteiger partial charge on any atom is -0.309 e. The van der Waals surface area contributed by atoms with Gasteiger partial charge in [0, 0.05) is 38.5 Å². The van der Waals surface area contributed by atoms with Crippen LogP contribution in [0, 0.1) is 0 Å². The monoisotopic (exact) mass is 751 g/mol. The molecular formula is C56H37N3. The second-order valence-corrected chi connectivity index (χ2v) is 15.3. The van der Waals surface area contributed by atoms with Crippen molar-refractivity contribution in [1.82, 2.24) is 13.7 Å². The van der Waals surface area contributed by atoms with E-state index < -0.39 is 0 Å². The Morgan fingerprint density at radius 1 is 0.254 bits per heavy atom. The van der Waals surface area contributed by atoms with E-state index in [1.807, 2.05) is 0 Å². The highest BCUT2D eigenvalue weighted by molar-refractivity contribution is 6.32. The molecule has 12 aromatic rings. The molecule has 0 saturated carbocycles. The van der Waals surface area contributed by atoms with Crippen molar-refractivity contribution in [3.05, 3.63) is 224 Å². The summed E-state index contributed by atoms with van der Waals surface area (Å²) >= 11 is 0. The summed E-state index contributed by atoms with van der Waals surface area (Å²) < 4.78 is 7.45. The van der Waals surface area contributed by atoms with Crippen molar-refractivity contribution >= 4 is 54.6 Å². The first-order valence-electron chi connectivity index (χ1n) is 20.3. The van der Waals surface area contributed by atoms with Crippen molar-refractivity contribution in [3.63, 3.8) is 0 Å². The zero-order chi connectivity index (χ0) is 38.9. The predicted octanol–water partition coefficient (Wildman–Crippen LogP) is 14.8. The summed E-state index contributed by atoms with van der Waals surface area (Å²) in [4.78, 5) is 0. The number of hydrogen-bond acceptors (Lipinski definition) is 0. The standard InChI is InChI=1S/C56H37N3/c1-5-19-38(20-6-1)40-35-41(39-21-7-2-8-22-39)37-42(36-40)45-27-13-16-30-48(45)59-49-31-17-14-28-46(49)53-51(59)33-34-52-54(53)56-55(58(52)44-25-11-4-12-26-44)47-29-15-18-32-50(47)57(56)43-23-9-3-10-24-43/h1-37H. The molecule has 3 nitrogen and oxygen atoms in total. The Balaban J connectivity index is 1.21. The first-order chi connectivity index (χ1) is 29.3. The minimum atomic E-state index is 1.14. The number of benzene rings is 9. The molecule has 59 heavy (non-hydrogen) atoms. The summed E-state index contributed by atoms with van der Waals surface area (Å²) in [5, 5.41) is 4.94. The van der Waals surface area contributed by atoms with Crippen molar-refractivity contribution in [2.24, 2.45) is 0 Å². The summed E-state index contributed by atoms with van der Waals surface area (Å²) in [5.74, 6) is 0. The van der Waals surface area contributed by atoms with E-state index in [0.717, 1.165) is 17.1 Å². The lowest BCUT2D eigenvalue weighted by Gasteiger charge is -2.16. The van der Waals surface area contributed by atoms with Crippen LogP contribution >= 0.6 is 0 Å². The van der Waals surface area contributed by atoms with E-state index in [-0.39, 0.29) is 0 Å². The fourth-order valence-electron chi connectivity index (χ4n) is 9.52. The van der Waals surface area contributed by atoms with Gasteiger partial charge in [-0.1, -0.05) is 152 Å². The fraction of sp³-hybridized carbons (Fsp3) is 0. The normalized spacial score (nSPS) is 11.7. The van der Waals surface area contributed by atoms with Crippen molar-refractivity contribution in [1.29, 1.82) is 0 Å². The Labute approximate surface area is 341 Å². The summed E-state index contributed by atoms with van der Waals surface area (Å²) in [6.45, 7) is 0. The van der Waals surface area contributed by atoms with Gasteiger partial charge in [-0.05, 0) is 101 Å². The molecule has 0 N–H and O–H groups in total. The van der Waals surface area contributed by atoms with E-state index in [4.69, 9.17) is 0 Å². The Hall–Kier alpha value is -7.88. The lowest BCUT2D eigenvalue weighted by molar-refractivity contribution is 1.17. The molecule has 0 amide bonds. The highest BCUT2D eigenvalue weighted by atomic mass is 15.1. The van der Waals surface area contributed by atoms with Gasteiger partial charge in [-0.25, -0.2) is 0 Å². The van der Waals surface area contributed by atoms with Crippen LogP contribution < -0.4 is 0 Å². The topological polar surface area (TPSA) is 14.8 Å². The summed E-state index contributed by atoms with van der Waals surface area (Å²) in [6, 6.07) is 81.6. The van der Waals surface area contributed by atoms with E-state index in [1.165, 1.54) is 88.0 Å². The first kappa shape index (κ1) is 33.3. The van der Waals surface area contributed by atoms with Crippen LogP contribution in [0.4, 0.5) is 0 Å². The smallest absolute Gasteiger partial charge is 0.0811 e. The van der Waals surface area contributed by atoms with Gasteiger partial charge >= 0.3 is 0 Å². The van der Waals surface area contributed by atoms with Gasteiger partial charge in [-0.15, -0.1) is 0 Å². The molecule has 0 bridgehead atoms. The number of rotatable bonds is 6. The quantitative estimate of drug-likeness (QED) is 0.161. The predicted molar refractivity (Wildman–Crippen MR) is 248 cm³/mol. The molecule has 3 heteroatoms. The lowest BCUT2D eigenvalue weighted by Crippen LogP contribution is -1.98. The van der Waals surface area contributed by atoms with E-state index in [9.17, 15) is 0 Å². The fourth-order valence-corrected chi connectivity index (χ4v) is 9.52. The average Bonchev–Trinajstić information content (AvgIpc) is 3.95. The van der Waals surface area contributed by atoms with Crippen molar-refractivity contribution in [3.8, 4) is 50.4 Å². The highest BCUT2D eigenvalue weighted by Crippen LogP contribution is 2.47. The average molecular weight is 752 g/mol. The van der Waals surface area contributed by atoms with E-state index >= 15 is 0 Å². The maximum absolute atomic E-state index is 2.50. The Kier molecular flexibility index (Phi) is 7.54. The largest absolute Gasteiger partial charge is 0.309 e. The molecule has 0 saturated heterocycles. The van der Waals surface area contributed by atoms with Crippen LogP contribution in [0.25, 0.3) is 105 Å².